The maximum Gasteiger partial charge on any atom is 0.160 e. The lowest BCUT2D eigenvalue weighted by molar-refractivity contribution is 0.0271. The van der Waals surface area contributed by atoms with E-state index in [-0.39, 0.29) is 5.41 Å². The summed E-state index contributed by atoms with van der Waals surface area (Å²) in [6.07, 6.45) is 7.46. The number of para-hydroxylation sites is 1. The van der Waals surface area contributed by atoms with E-state index in [0.29, 0.717) is 6.04 Å². The lowest BCUT2D eigenvalue weighted by Crippen LogP contribution is -2.50. The van der Waals surface area contributed by atoms with Gasteiger partial charge in [0.25, 0.3) is 0 Å². The Hall–Kier alpha value is -1.98. The second-order valence-electron chi connectivity index (χ2n) is 8.27. The molecule has 3 aromatic rings. The first-order valence-corrected chi connectivity index (χ1v) is 10.9. The van der Waals surface area contributed by atoms with E-state index in [1.54, 1.807) is 17.1 Å². The molecule has 4 nitrogen and oxygen atoms in total. The molecule has 5 heteroatoms. The van der Waals surface area contributed by atoms with Crippen molar-refractivity contribution in [3.8, 4) is 0 Å². The highest BCUT2D eigenvalue weighted by atomic mass is 32.1. The molecule has 0 N–H and O–H groups in total. The molecule has 1 fully saturated rings. The van der Waals surface area contributed by atoms with Crippen LogP contribution in [0, 0.1) is 12.3 Å². The van der Waals surface area contributed by atoms with Crippen LogP contribution in [0.25, 0.3) is 16.6 Å². The van der Waals surface area contributed by atoms with Crippen molar-refractivity contribution in [2.24, 2.45) is 5.41 Å². The number of fused-ring (bicyclic) bond motifs is 3. The fraction of sp³-hybridized carbons (Fsp3) is 0.455. The van der Waals surface area contributed by atoms with E-state index in [9.17, 15) is 0 Å². The van der Waals surface area contributed by atoms with Crippen molar-refractivity contribution in [2.75, 3.05) is 13.1 Å². The monoisotopic (exact) mass is 376 g/mol. The number of rotatable bonds is 2. The Morgan fingerprint density at radius 2 is 2.15 bits per heavy atom. The molecule has 5 heterocycles. The van der Waals surface area contributed by atoms with Crippen LogP contribution in [0.5, 0.6) is 0 Å². The highest BCUT2D eigenvalue weighted by Crippen LogP contribution is 2.57. The molecule has 3 aliphatic rings. The second kappa shape index (κ2) is 5.52. The molecule has 0 aliphatic carbocycles. The number of nitrogens with zero attached hydrogens (tertiary/aromatic N) is 4. The van der Waals surface area contributed by atoms with Crippen molar-refractivity contribution in [1.82, 2.24) is 18.8 Å². The van der Waals surface area contributed by atoms with Crippen molar-refractivity contribution < 1.29 is 0 Å². The third kappa shape index (κ3) is 2.02. The Labute approximate surface area is 163 Å². The molecule has 1 aromatic carbocycles. The minimum atomic E-state index is 0.215. The summed E-state index contributed by atoms with van der Waals surface area (Å²) in [5, 5.41) is 2.49. The van der Waals surface area contributed by atoms with E-state index < -0.39 is 0 Å². The fourth-order valence-electron chi connectivity index (χ4n) is 5.84. The van der Waals surface area contributed by atoms with Crippen LogP contribution in [0.15, 0.2) is 30.3 Å². The van der Waals surface area contributed by atoms with Crippen LogP contribution in [-0.2, 0) is 6.42 Å². The first kappa shape index (κ1) is 16.0. The van der Waals surface area contributed by atoms with Crippen LogP contribution in [0.4, 0.5) is 0 Å². The summed E-state index contributed by atoms with van der Waals surface area (Å²) in [4.78, 5) is 7.55. The Kier molecular flexibility index (Phi) is 3.27. The molecule has 1 saturated heterocycles. The highest BCUT2D eigenvalue weighted by Gasteiger charge is 2.50. The number of piperidine rings is 1. The average Bonchev–Trinajstić information content (AvgIpc) is 3.28. The number of hydrogen-bond donors (Lipinski definition) is 0. The van der Waals surface area contributed by atoms with Gasteiger partial charge in [0.05, 0.1) is 17.3 Å². The Balaban J connectivity index is 1.73. The van der Waals surface area contributed by atoms with Crippen molar-refractivity contribution >= 4 is 28.1 Å². The number of aromatic nitrogens is 3. The quantitative estimate of drug-likeness (QED) is 0.645. The molecule has 0 amide bonds. The number of benzene rings is 1. The zero-order valence-electron chi connectivity index (χ0n) is 15.9. The standard InChI is InChI=1S/C22H24N4S/c1-3-22-10-6-11-25-12-9-16-15-7-4-5-8-17(15)26(19(16)20(22)25)18(13-22)21-23-14(2)24-27-21/h4-5,7-8,13,20H,3,6,9-12H2,1-2H3/t20?,22-/m0/s1. The highest BCUT2D eigenvalue weighted by molar-refractivity contribution is 7.06. The predicted octanol–water partition coefficient (Wildman–Crippen LogP) is 4.79. The molecule has 0 saturated carbocycles. The van der Waals surface area contributed by atoms with Gasteiger partial charge in [-0.05, 0) is 68.4 Å². The molecule has 1 unspecified atom stereocenters. The minimum absolute atomic E-state index is 0.215. The van der Waals surface area contributed by atoms with Gasteiger partial charge in [0.1, 0.15) is 5.82 Å². The Morgan fingerprint density at radius 3 is 2.96 bits per heavy atom. The fourth-order valence-corrected chi connectivity index (χ4v) is 6.51. The van der Waals surface area contributed by atoms with Crippen molar-refractivity contribution in [3.63, 3.8) is 0 Å². The summed E-state index contributed by atoms with van der Waals surface area (Å²) in [5.74, 6) is 0.874. The van der Waals surface area contributed by atoms with E-state index in [4.69, 9.17) is 4.98 Å². The molecular formula is C22H24N4S. The van der Waals surface area contributed by atoms with E-state index in [1.807, 2.05) is 6.92 Å². The van der Waals surface area contributed by atoms with Crippen LogP contribution < -0.4 is 0 Å². The van der Waals surface area contributed by atoms with E-state index in [2.05, 4.69) is 51.1 Å². The van der Waals surface area contributed by atoms with E-state index in [0.717, 1.165) is 17.3 Å². The zero-order chi connectivity index (χ0) is 18.2. The van der Waals surface area contributed by atoms with Gasteiger partial charge in [-0.15, -0.1) is 0 Å². The third-order valence-electron chi connectivity index (χ3n) is 7.00. The third-order valence-corrected chi connectivity index (χ3v) is 7.82. The van der Waals surface area contributed by atoms with Crippen molar-refractivity contribution in [1.29, 1.82) is 0 Å². The first-order chi connectivity index (χ1) is 13.2. The summed E-state index contributed by atoms with van der Waals surface area (Å²) in [6, 6.07) is 9.45. The summed E-state index contributed by atoms with van der Waals surface area (Å²) < 4.78 is 7.03. The molecule has 2 aromatic heterocycles. The smallest absolute Gasteiger partial charge is 0.160 e. The van der Waals surface area contributed by atoms with Gasteiger partial charge in [-0.1, -0.05) is 25.1 Å². The van der Waals surface area contributed by atoms with Gasteiger partial charge in [0.15, 0.2) is 5.01 Å². The second-order valence-corrected chi connectivity index (χ2v) is 9.02. The van der Waals surface area contributed by atoms with Crippen molar-refractivity contribution in [2.45, 2.75) is 45.6 Å². The Bertz CT molecular complexity index is 1090. The van der Waals surface area contributed by atoms with Gasteiger partial charge in [0.2, 0.25) is 0 Å². The molecule has 2 atom stereocenters. The van der Waals surface area contributed by atoms with Crippen LogP contribution >= 0.6 is 11.5 Å². The van der Waals surface area contributed by atoms with Crippen molar-refractivity contribution in [3.05, 3.63) is 52.4 Å². The molecular weight excluding hydrogens is 352 g/mol. The van der Waals surface area contributed by atoms with Gasteiger partial charge in [-0.2, -0.15) is 4.37 Å². The SMILES string of the molecule is CC[C@@]12C=C(c3nc(C)ns3)n3c4c(c5ccccc53)CCN(CCC1)C42. The molecule has 3 aliphatic heterocycles. The molecule has 0 spiro atoms. The average molecular weight is 377 g/mol. The predicted molar refractivity (Wildman–Crippen MR) is 110 cm³/mol. The van der Waals surface area contributed by atoms with Crippen LogP contribution in [0.2, 0.25) is 0 Å². The van der Waals surface area contributed by atoms with Gasteiger partial charge in [-0.25, -0.2) is 4.98 Å². The van der Waals surface area contributed by atoms with Crippen LogP contribution in [-0.4, -0.2) is 31.9 Å². The number of aryl methyl sites for hydroxylation is 1. The Morgan fingerprint density at radius 1 is 1.26 bits per heavy atom. The minimum Gasteiger partial charge on any atom is -0.309 e. The first-order valence-electron chi connectivity index (χ1n) is 10.1. The molecule has 27 heavy (non-hydrogen) atoms. The number of hydrogen-bond acceptors (Lipinski definition) is 4. The van der Waals surface area contributed by atoms with Gasteiger partial charge >= 0.3 is 0 Å². The van der Waals surface area contributed by atoms with E-state index >= 15 is 0 Å². The molecule has 6 rings (SSSR count). The van der Waals surface area contributed by atoms with Gasteiger partial charge < -0.3 is 4.57 Å². The van der Waals surface area contributed by atoms with Crippen LogP contribution in [0.3, 0.4) is 0 Å². The topological polar surface area (TPSA) is 34.0 Å². The lowest BCUT2D eigenvalue weighted by Gasteiger charge is -2.53. The lowest BCUT2D eigenvalue weighted by atomic mass is 9.66. The van der Waals surface area contributed by atoms with E-state index in [1.165, 1.54) is 54.6 Å². The molecule has 0 radical (unpaired) electrons. The summed E-state index contributed by atoms with van der Waals surface area (Å²) in [5.41, 5.74) is 5.92. The maximum atomic E-state index is 4.79. The maximum absolute atomic E-state index is 4.79. The normalized spacial score (nSPS) is 26.9. The van der Waals surface area contributed by atoms with Gasteiger partial charge in [-0.3, -0.25) is 4.90 Å². The summed E-state index contributed by atoms with van der Waals surface area (Å²) in [7, 11) is 0. The molecule has 138 valence electrons. The zero-order valence-corrected chi connectivity index (χ0v) is 16.7. The summed E-state index contributed by atoms with van der Waals surface area (Å²) >= 11 is 1.54. The van der Waals surface area contributed by atoms with Gasteiger partial charge in [0, 0.05) is 23.0 Å². The van der Waals surface area contributed by atoms with Crippen LogP contribution in [0.1, 0.15) is 54.3 Å². The largest absolute Gasteiger partial charge is 0.309 e. The summed E-state index contributed by atoms with van der Waals surface area (Å²) in [6.45, 7) is 6.78. The molecule has 0 bridgehead atoms.